The Morgan fingerprint density at radius 2 is 1.52 bits per heavy atom. The van der Waals surface area contributed by atoms with E-state index in [4.69, 9.17) is 0 Å². The first-order valence-corrected chi connectivity index (χ1v) is 18.4. The third-order valence-electron chi connectivity index (χ3n) is 10.3. The van der Waals surface area contributed by atoms with Gasteiger partial charge in [0.15, 0.2) is 0 Å². The van der Waals surface area contributed by atoms with Crippen molar-refractivity contribution in [3.63, 3.8) is 0 Å². The van der Waals surface area contributed by atoms with Gasteiger partial charge in [0.1, 0.15) is 17.8 Å². The minimum absolute atomic E-state index is 0.00630. The zero-order chi connectivity index (χ0) is 37.0. The van der Waals surface area contributed by atoms with E-state index in [-0.39, 0.29) is 53.6 Å². The molecule has 2 aliphatic rings. The van der Waals surface area contributed by atoms with E-state index in [2.05, 4.69) is 36.6 Å². The van der Waals surface area contributed by atoms with E-state index in [9.17, 15) is 28.8 Å². The second-order valence-electron chi connectivity index (χ2n) is 15.6. The maximum absolute atomic E-state index is 13.8. The predicted octanol–water partition coefficient (Wildman–Crippen LogP) is 3.23. The highest BCUT2D eigenvalue weighted by molar-refractivity contribution is 6.38. The number of amides is 5. The Balaban J connectivity index is 1.61. The smallest absolute Gasteiger partial charge is 0.289 e. The summed E-state index contributed by atoms with van der Waals surface area (Å²) < 4.78 is 0. The molecule has 2 fully saturated rings. The van der Waals surface area contributed by atoms with Crippen molar-refractivity contribution in [2.24, 2.45) is 29.1 Å². The highest BCUT2D eigenvalue weighted by Crippen LogP contribution is 2.34. The van der Waals surface area contributed by atoms with Crippen LogP contribution in [0.3, 0.4) is 0 Å². The third kappa shape index (κ3) is 11.9. The predicted molar refractivity (Wildman–Crippen MR) is 189 cm³/mol. The van der Waals surface area contributed by atoms with Crippen molar-refractivity contribution >= 4 is 35.3 Å². The molecule has 50 heavy (non-hydrogen) atoms. The second-order valence-corrected chi connectivity index (χ2v) is 15.6. The Bertz CT molecular complexity index is 1330. The SMILES string of the molecule is CCC[C@H](NC(=O)C[C@H]1CCC[C@H]1CNC(=O)[C@@H](NC(=O)[C@@H](NC(=O)c1cnccn1)C1CCCC1)C(C)(C)C)C(=O)C(=O)N[C@@H](C)C(C)C. The van der Waals surface area contributed by atoms with Crippen LogP contribution in [0.2, 0.25) is 0 Å². The van der Waals surface area contributed by atoms with E-state index >= 15 is 0 Å². The lowest BCUT2D eigenvalue weighted by atomic mass is 9.85. The molecule has 278 valence electrons. The molecule has 1 aromatic heterocycles. The molecule has 5 N–H and O–H groups in total. The first kappa shape index (κ1) is 40.5. The molecule has 1 heterocycles. The van der Waals surface area contributed by atoms with Gasteiger partial charge in [-0.25, -0.2) is 4.98 Å². The fourth-order valence-corrected chi connectivity index (χ4v) is 6.86. The molecular weight excluding hydrogens is 638 g/mol. The molecule has 13 heteroatoms. The summed E-state index contributed by atoms with van der Waals surface area (Å²) in [5.41, 5.74) is -0.522. The van der Waals surface area contributed by atoms with Gasteiger partial charge in [-0.3, -0.25) is 33.8 Å². The topological polar surface area (TPSA) is 188 Å². The molecule has 1 aromatic rings. The highest BCUT2D eigenvalue weighted by atomic mass is 16.2. The first-order chi connectivity index (χ1) is 23.6. The van der Waals surface area contributed by atoms with E-state index in [1.54, 1.807) is 0 Å². The lowest BCUT2D eigenvalue weighted by Gasteiger charge is -2.33. The van der Waals surface area contributed by atoms with Crippen LogP contribution in [0, 0.1) is 29.1 Å². The van der Waals surface area contributed by atoms with Crippen molar-refractivity contribution in [3.8, 4) is 0 Å². The van der Waals surface area contributed by atoms with Crippen LogP contribution in [-0.4, -0.2) is 76.0 Å². The van der Waals surface area contributed by atoms with Gasteiger partial charge in [-0.1, -0.05) is 67.2 Å². The van der Waals surface area contributed by atoms with Gasteiger partial charge in [0, 0.05) is 31.4 Å². The lowest BCUT2D eigenvalue weighted by molar-refractivity contribution is -0.140. The average Bonchev–Trinajstić information content (AvgIpc) is 3.76. The van der Waals surface area contributed by atoms with Gasteiger partial charge in [-0.2, -0.15) is 0 Å². The molecule has 0 radical (unpaired) electrons. The quantitative estimate of drug-likeness (QED) is 0.153. The second kappa shape index (κ2) is 18.9. The number of carbonyl (C=O) groups excluding carboxylic acids is 6. The number of ketones is 1. The van der Waals surface area contributed by atoms with E-state index in [0.29, 0.717) is 19.4 Å². The number of rotatable bonds is 17. The van der Waals surface area contributed by atoms with Crippen molar-refractivity contribution in [1.82, 2.24) is 36.6 Å². The summed E-state index contributed by atoms with van der Waals surface area (Å²) in [6.45, 7) is 13.6. The number of hydrogen-bond donors (Lipinski definition) is 5. The zero-order valence-electron chi connectivity index (χ0n) is 31.0. The van der Waals surface area contributed by atoms with E-state index in [0.717, 1.165) is 44.9 Å². The van der Waals surface area contributed by atoms with Crippen molar-refractivity contribution in [1.29, 1.82) is 0 Å². The van der Waals surface area contributed by atoms with Crippen LogP contribution in [0.1, 0.15) is 123 Å². The van der Waals surface area contributed by atoms with E-state index in [1.165, 1.54) is 18.6 Å². The largest absolute Gasteiger partial charge is 0.354 e. The molecule has 3 rings (SSSR count). The third-order valence-corrected chi connectivity index (χ3v) is 10.3. The molecule has 0 bridgehead atoms. The number of nitrogens with zero attached hydrogens (tertiary/aromatic N) is 2. The molecule has 0 saturated heterocycles. The number of hydrogen-bond acceptors (Lipinski definition) is 8. The van der Waals surface area contributed by atoms with E-state index in [1.807, 2.05) is 48.5 Å². The fourth-order valence-electron chi connectivity index (χ4n) is 6.86. The van der Waals surface area contributed by atoms with Crippen molar-refractivity contribution < 1.29 is 28.8 Å². The number of aromatic nitrogens is 2. The van der Waals surface area contributed by atoms with Crippen LogP contribution in [0.4, 0.5) is 0 Å². The number of Topliss-reactive ketones (excluding diaryl/α,β-unsaturated/α-hetero) is 1. The monoisotopic (exact) mass is 697 g/mol. The molecule has 13 nitrogen and oxygen atoms in total. The summed E-state index contributed by atoms with van der Waals surface area (Å²) in [5, 5.41) is 14.4. The Morgan fingerprint density at radius 1 is 0.840 bits per heavy atom. The molecule has 5 amide bonds. The Hall–Kier alpha value is -3.90. The van der Waals surface area contributed by atoms with Gasteiger partial charge < -0.3 is 26.6 Å². The normalized spacial score (nSPS) is 20.3. The summed E-state index contributed by atoms with van der Waals surface area (Å²) in [5.74, 6) is -2.71. The molecule has 2 saturated carbocycles. The average molecular weight is 698 g/mol. The maximum Gasteiger partial charge on any atom is 0.289 e. The zero-order valence-corrected chi connectivity index (χ0v) is 31.0. The Labute approximate surface area is 297 Å². The van der Waals surface area contributed by atoms with Crippen molar-refractivity contribution in [3.05, 3.63) is 24.3 Å². The molecule has 2 aliphatic carbocycles. The van der Waals surface area contributed by atoms with Crippen LogP contribution < -0.4 is 26.6 Å². The standard InChI is InChI=1S/C37H59N7O6/c1-8-12-27(31(46)35(49)41-23(4)22(2)3)42-29(45)19-25-15-11-16-26(25)20-40-36(50)32(37(5,6)7)44-34(48)30(24-13-9-10-14-24)43-33(47)28-21-38-17-18-39-28/h17-18,21-27,30,32H,8-16,19-20H2,1-7H3,(H,40,50)(H,41,49)(H,42,45)(H,43,47)(H,44,48)/t23-,25+,26-,27-,30-,32+/m0/s1. The summed E-state index contributed by atoms with van der Waals surface area (Å²) in [6, 6.07) is -2.76. The van der Waals surface area contributed by atoms with Gasteiger partial charge in [-0.05, 0) is 68.1 Å². The molecule has 0 unspecified atom stereocenters. The molecule has 0 spiro atoms. The number of nitrogens with one attached hydrogen (secondary N) is 5. The fraction of sp³-hybridized carbons (Fsp3) is 0.730. The van der Waals surface area contributed by atoms with Gasteiger partial charge in [0.2, 0.25) is 23.5 Å². The van der Waals surface area contributed by atoms with Gasteiger partial charge in [0.05, 0.1) is 12.2 Å². The summed E-state index contributed by atoms with van der Waals surface area (Å²) in [6.07, 6.45) is 11.5. The molecule has 0 aliphatic heterocycles. The van der Waals surface area contributed by atoms with Crippen LogP contribution in [0.5, 0.6) is 0 Å². The van der Waals surface area contributed by atoms with E-state index < -0.39 is 47.0 Å². The minimum atomic E-state index is -0.888. The van der Waals surface area contributed by atoms with Crippen molar-refractivity contribution in [2.75, 3.05) is 6.54 Å². The summed E-state index contributed by atoms with van der Waals surface area (Å²) >= 11 is 0. The Morgan fingerprint density at radius 3 is 2.12 bits per heavy atom. The van der Waals surface area contributed by atoms with Crippen LogP contribution in [0.25, 0.3) is 0 Å². The Kier molecular flexibility index (Phi) is 15.3. The minimum Gasteiger partial charge on any atom is -0.354 e. The van der Waals surface area contributed by atoms with Crippen molar-refractivity contribution in [2.45, 2.75) is 137 Å². The molecule has 0 aromatic carbocycles. The molecule has 6 atom stereocenters. The highest BCUT2D eigenvalue weighted by Gasteiger charge is 2.39. The lowest BCUT2D eigenvalue weighted by Crippen LogP contribution is -2.59. The van der Waals surface area contributed by atoms with Crippen LogP contribution in [0.15, 0.2) is 18.6 Å². The van der Waals surface area contributed by atoms with Crippen LogP contribution >= 0.6 is 0 Å². The van der Waals surface area contributed by atoms with Gasteiger partial charge in [0.25, 0.3) is 11.8 Å². The van der Waals surface area contributed by atoms with Gasteiger partial charge in [-0.15, -0.1) is 0 Å². The van der Waals surface area contributed by atoms with Gasteiger partial charge >= 0.3 is 0 Å². The number of carbonyl (C=O) groups is 6. The maximum atomic E-state index is 13.8. The summed E-state index contributed by atoms with van der Waals surface area (Å²) in [7, 11) is 0. The summed E-state index contributed by atoms with van der Waals surface area (Å²) in [4.78, 5) is 87.1. The molecular formula is C37H59N7O6. The van der Waals surface area contributed by atoms with Crippen LogP contribution in [-0.2, 0) is 24.0 Å². The first-order valence-electron chi connectivity index (χ1n) is 18.4.